The number of carbonyl (C=O) groups excluding carboxylic acids is 1. The summed E-state index contributed by atoms with van der Waals surface area (Å²) >= 11 is 1.20. The van der Waals surface area contributed by atoms with Crippen LogP contribution >= 0.6 is 11.3 Å². The van der Waals surface area contributed by atoms with Crippen LogP contribution in [0.5, 0.6) is 5.75 Å². The largest absolute Gasteiger partial charge is 0.487 e. The second-order valence-electron chi connectivity index (χ2n) is 7.20. The number of ether oxygens (including phenoxy) is 2. The summed E-state index contributed by atoms with van der Waals surface area (Å²) in [4.78, 5) is 18.0. The Balaban J connectivity index is 1.43. The highest BCUT2D eigenvalue weighted by molar-refractivity contribution is 7.89. The summed E-state index contributed by atoms with van der Waals surface area (Å²) in [5.74, 6) is -0.408. The van der Waals surface area contributed by atoms with Gasteiger partial charge in [0.1, 0.15) is 18.2 Å². The number of benzene rings is 2. The van der Waals surface area contributed by atoms with Gasteiger partial charge in [-0.3, -0.25) is 9.69 Å². The van der Waals surface area contributed by atoms with Crippen LogP contribution in [0.4, 0.5) is 15.2 Å². The van der Waals surface area contributed by atoms with Gasteiger partial charge in [0.15, 0.2) is 5.13 Å². The molecule has 0 atom stereocenters. The molecule has 1 aliphatic heterocycles. The number of anilines is 2. The summed E-state index contributed by atoms with van der Waals surface area (Å²) in [7, 11) is -3.57. The van der Waals surface area contributed by atoms with E-state index in [-0.39, 0.29) is 23.1 Å². The molecule has 2 aromatic carbocycles. The predicted octanol–water partition coefficient (Wildman–Crippen LogP) is 3.57. The summed E-state index contributed by atoms with van der Waals surface area (Å²) in [6, 6.07) is 12.2. The fourth-order valence-electron chi connectivity index (χ4n) is 3.31. The van der Waals surface area contributed by atoms with Crippen molar-refractivity contribution in [2.24, 2.45) is 0 Å². The Labute approximate surface area is 195 Å². The molecule has 2 heterocycles. The van der Waals surface area contributed by atoms with Gasteiger partial charge < -0.3 is 9.47 Å². The number of hydrogen-bond acceptors (Lipinski definition) is 7. The minimum Gasteiger partial charge on any atom is -0.487 e. The third kappa shape index (κ3) is 5.22. The maximum Gasteiger partial charge on any atom is 0.243 e. The summed E-state index contributed by atoms with van der Waals surface area (Å²) < 4.78 is 51.9. The number of rotatable bonds is 7. The molecule has 0 N–H and O–H groups in total. The van der Waals surface area contributed by atoms with Crippen molar-refractivity contribution in [1.82, 2.24) is 9.29 Å². The second-order valence-corrected chi connectivity index (χ2v) is 9.98. The van der Waals surface area contributed by atoms with Crippen LogP contribution in [0.15, 0.2) is 58.8 Å². The number of aromatic nitrogens is 1. The highest BCUT2D eigenvalue weighted by Crippen LogP contribution is 2.31. The van der Waals surface area contributed by atoms with E-state index in [0.29, 0.717) is 42.9 Å². The number of morpholine rings is 1. The quantitative estimate of drug-likeness (QED) is 0.502. The summed E-state index contributed by atoms with van der Waals surface area (Å²) in [6.07, 6.45) is 0. The minimum atomic E-state index is -3.57. The SMILES string of the molecule is CC(=O)N(c1nc(COc2ccc(S(=O)(=O)N3CCOCC3)cc2)cs1)c1ccccc1F. The van der Waals surface area contributed by atoms with Gasteiger partial charge in [-0.15, -0.1) is 11.3 Å². The molecule has 1 fully saturated rings. The fraction of sp³-hybridized carbons (Fsp3) is 0.273. The van der Waals surface area contributed by atoms with Gasteiger partial charge >= 0.3 is 0 Å². The lowest BCUT2D eigenvalue weighted by Crippen LogP contribution is -2.40. The molecule has 1 saturated heterocycles. The maximum atomic E-state index is 14.2. The first-order valence-corrected chi connectivity index (χ1v) is 12.5. The van der Waals surface area contributed by atoms with E-state index in [1.54, 1.807) is 29.6 Å². The summed E-state index contributed by atoms with van der Waals surface area (Å²) in [5, 5.41) is 2.06. The first-order chi connectivity index (χ1) is 15.9. The maximum absolute atomic E-state index is 14.2. The topological polar surface area (TPSA) is 89.0 Å². The lowest BCUT2D eigenvalue weighted by molar-refractivity contribution is -0.115. The van der Waals surface area contributed by atoms with Gasteiger partial charge in [0.2, 0.25) is 15.9 Å². The zero-order chi connectivity index (χ0) is 23.4. The number of amides is 1. The third-order valence-corrected chi connectivity index (χ3v) is 7.74. The number of para-hydroxylation sites is 1. The van der Waals surface area contributed by atoms with E-state index in [1.165, 1.54) is 51.7 Å². The molecule has 174 valence electrons. The molecule has 11 heteroatoms. The van der Waals surface area contributed by atoms with E-state index in [4.69, 9.17) is 9.47 Å². The molecular weight excluding hydrogens is 469 g/mol. The third-order valence-electron chi connectivity index (χ3n) is 4.96. The van der Waals surface area contributed by atoms with Crippen LogP contribution in [-0.2, 0) is 26.2 Å². The lowest BCUT2D eigenvalue weighted by atomic mass is 10.3. The van der Waals surface area contributed by atoms with Crippen molar-refractivity contribution in [2.45, 2.75) is 18.4 Å². The molecular formula is C22H22FN3O5S2. The van der Waals surface area contributed by atoms with Crippen LogP contribution < -0.4 is 9.64 Å². The van der Waals surface area contributed by atoms with Crippen LogP contribution in [0, 0.1) is 5.82 Å². The highest BCUT2D eigenvalue weighted by Gasteiger charge is 2.26. The average Bonchev–Trinajstić information content (AvgIpc) is 3.28. The Morgan fingerprint density at radius 3 is 2.55 bits per heavy atom. The minimum absolute atomic E-state index is 0.106. The van der Waals surface area contributed by atoms with E-state index in [1.807, 2.05) is 0 Å². The summed E-state index contributed by atoms with van der Waals surface area (Å²) in [5.41, 5.74) is 0.687. The average molecular weight is 492 g/mol. The van der Waals surface area contributed by atoms with E-state index in [2.05, 4.69) is 4.98 Å². The smallest absolute Gasteiger partial charge is 0.243 e. The molecule has 1 amide bonds. The van der Waals surface area contributed by atoms with Gasteiger partial charge in [-0.2, -0.15) is 4.31 Å². The monoisotopic (exact) mass is 491 g/mol. The number of carbonyl (C=O) groups is 1. The van der Waals surface area contributed by atoms with Crippen LogP contribution in [0.3, 0.4) is 0 Å². The number of thiazole rings is 1. The first kappa shape index (κ1) is 23.3. The molecule has 0 aliphatic carbocycles. The molecule has 1 aliphatic rings. The lowest BCUT2D eigenvalue weighted by Gasteiger charge is -2.26. The van der Waals surface area contributed by atoms with Crippen molar-refractivity contribution in [3.8, 4) is 5.75 Å². The van der Waals surface area contributed by atoms with Crippen LogP contribution in [0.1, 0.15) is 12.6 Å². The standard InChI is InChI=1S/C22H22FN3O5S2/c1-16(27)26(21-5-3-2-4-20(21)23)22-24-17(15-32-22)14-31-18-6-8-19(9-7-18)33(28,29)25-10-12-30-13-11-25/h2-9,15H,10-14H2,1H3. The van der Waals surface area contributed by atoms with Crippen molar-refractivity contribution in [3.63, 3.8) is 0 Å². The number of sulfonamides is 1. The summed E-state index contributed by atoms with van der Waals surface area (Å²) in [6.45, 7) is 2.88. The van der Waals surface area contributed by atoms with Crippen molar-refractivity contribution < 1.29 is 27.1 Å². The number of nitrogens with zero attached hydrogens (tertiary/aromatic N) is 3. The van der Waals surface area contributed by atoms with Crippen molar-refractivity contribution >= 4 is 38.1 Å². The van der Waals surface area contributed by atoms with Crippen LogP contribution in [0.25, 0.3) is 0 Å². The van der Waals surface area contributed by atoms with Gasteiger partial charge in [-0.25, -0.2) is 17.8 Å². The molecule has 0 saturated carbocycles. The Hall–Kier alpha value is -2.86. The molecule has 8 nitrogen and oxygen atoms in total. The highest BCUT2D eigenvalue weighted by atomic mass is 32.2. The normalized spacial score (nSPS) is 14.7. The Morgan fingerprint density at radius 1 is 1.18 bits per heavy atom. The van der Waals surface area contributed by atoms with Crippen molar-refractivity contribution in [1.29, 1.82) is 0 Å². The molecule has 0 spiro atoms. The molecule has 0 unspecified atom stereocenters. The Bertz CT molecular complexity index is 1220. The fourth-order valence-corrected chi connectivity index (χ4v) is 5.58. The molecule has 1 aromatic heterocycles. The second kappa shape index (κ2) is 9.96. The molecule has 3 aromatic rings. The van der Waals surface area contributed by atoms with Gasteiger partial charge in [0, 0.05) is 25.4 Å². The number of halogens is 1. The van der Waals surface area contributed by atoms with Gasteiger partial charge in [-0.1, -0.05) is 12.1 Å². The van der Waals surface area contributed by atoms with E-state index in [9.17, 15) is 17.6 Å². The van der Waals surface area contributed by atoms with Gasteiger partial charge in [-0.05, 0) is 36.4 Å². The van der Waals surface area contributed by atoms with Gasteiger partial charge in [0.05, 0.1) is 29.5 Å². The predicted molar refractivity (Wildman–Crippen MR) is 122 cm³/mol. The first-order valence-electron chi connectivity index (χ1n) is 10.2. The van der Waals surface area contributed by atoms with E-state index in [0.717, 1.165) is 0 Å². The van der Waals surface area contributed by atoms with Crippen LogP contribution in [0.2, 0.25) is 0 Å². The number of hydrogen-bond donors (Lipinski definition) is 0. The van der Waals surface area contributed by atoms with Crippen LogP contribution in [-0.4, -0.2) is 49.9 Å². The molecule has 4 rings (SSSR count). The van der Waals surface area contributed by atoms with Crippen molar-refractivity contribution in [2.75, 3.05) is 31.2 Å². The van der Waals surface area contributed by atoms with E-state index >= 15 is 0 Å². The van der Waals surface area contributed by atoms with Gasteiger partial charge in [0.25, 0.3) is 0 Å². The molecule has 0 bridgehead atoms. The van der Waals surface area contributed by atoms with Crippen molar-refractivity contribution in [3.05, 3.63) is 65.4 Å². The van der Waals surface area contributed by atoms with E-state index < -0.39 is 15.8 Å². The Kier molecular flexibility index (Phi) is 7.03. The zero-order valence-electron chi connectivity index (χ0n) is 17.8. The Morgan fingerprint density at radius 2 is 1.88 bits per heavy atom. The molecule has 0 radical (unpaired) electrons. The zero-order valence-corrected chi connectivity index (χ0v) is 19.4. The molecule has 33 heavy (non-hydrogen) atoms.